The van der Waals surface area contributed by atoms with Crippen molar-refractivity contribution in [3.8, 4) is 11.5 Å². The minimum Gasteiger partial charge on any atom is -0.497 e. The highest BCUT2D eigenvalue weighted by molar-refractivity contribution is 5.94. The number of hydrogen-bond acceptors (Lipinski definition) is 12. The molecule has 2 aromatic carbocycles. The molecule has 0 aliphatic carbocycles. The molecule has 7 N–H and O–H groups in total. The van der Waals surface area contributed by atoms with Gasteiger partial charge in [-0.1, -0.05) is 6.92 Å². The second-order valence-electron chi connectivity index (χ2n) is 14.2. The number of carboxylic acids is 1. The lowest BCUT2D eigenvalue weighted by atomic mass is 10.0. The summed E-state index contributed by atoms with van der Waals surface area (Å²) in [5.41, 5.74) is -0.372. The summed E-state index contributed by atoms with van der Waals surface area (Å²) in [5, 5.41) is 25.8. The zero-order valence-corrected chi connectivity index (χ0v) is 36.1. The van der Waals surface area contributed by atoms with Crippen LogP contribution in [-0.2, 0) is 38.2 Å². The van der Waals surface area contributed by atoms with Crippen LogP contribution in [-0.4, -0.2) is 139 Å². The summed E-state index contributed by atoms with van der Waals surface area (Å²) < 4.78 is 27.8. The molecular weight excluding hydrogens is 809 g/mol. The topological polar surface area (TPSA) is 258 Å². The third kappa shape index (κ3) is 23.3. The van der Waals surface area contributed by atoms with E-state index < -0.39 is 17.4 Å². The van der Waals surface area contributed by atoms with Crippen molar-refractivity contribution in [2.24, 2.45) is 0 Å². The molecule has 344 valence electrons. The van der Waals surface area contributed by atoms with Crippen LogP contribution < -0.4 is 41.4 Å². The number of rotatable bonds is 34. The number of aliphatic carboxylic acids is 1. The van der Waals surface area contributed by atoms with Crippen LogP contribution in [0, 0.1) is 0 Å². The maximum Gasteiger partial charge on any atom is 0.303 e. The number of carboxylic acid groups (broad SMARTS) is 1. The van der Waals surface area contributed by atoms with E-state index in [4.69, 9.17) is 28.8 Å². The first kappa shape index (κ1) is 52.3. The summed E-state index contributed by atoms with van der Waals surface area (Å²) in [5.74, 6) is -1.57. The van der Waals surface area contributed by atoms with Gasteiger partial charge in [-0.15, -0.1) is 0 Å². The monoisotopic (exact) mass is 872 g/mol. The molecule has 0 bridgehead atoms. The molecule has 0 unspecified atom stereocenters. The Bertz CT molecular complexity index is 1590. The van der Waals surface area contributed by atoms with Crippen molar-refractivity contribution in [2.45, 2.75) is 70.3 Å². The molecule has 19 nitrogen and oxygen atoms in total. The van der Waals surface area contributed by atoms with Gasteiger partial charge in [-0.3, -0.25) is 33.6 Å². The van der Waals surface area contributed by atoms with Crippen LogP contribution in [0.4, 0.5) is 0 Å². The third-order valence-electron chi connectivity index (χ3n) is 8.95. The highest BCUT2D eigenvalue weighted by Gasteiger charge is 2.34. The van der Waals surface area contributed by atoms with E-state index in [9.17, 15) is 33.6 Å². The van der Waals surface area contributed by atoms with Crippen LogP contribution in [0.2, 0.25) is 0 Å². The lowest BCUT2D eigenvalue weighted by Gasteiger charge is -2.34. The first-order valence-electron chi connectivity index (χ1n) is 20.8. The van der Waals surface area contributed by atoms with E-state index in [0.717, 1.165) is 6.42 Å². The standard InChI is InChI=1S/C43H64N6O13/c1-4-21-44-36(50)18-26-60-29-43(49-39(53)8-5-9-40(54)55,30-61-27-19-37(51)45-22-6-24-47-41(56)32-10-14-34(58-2)15-11-32)31-62-28-20-38(52)46-23-7-25-48-42(57)33-12-16-35(59-3)17-13-33/h10-17H,4-9,18-31H2,1-3H3,(H,44,50)(H,45,51)(H,46,52)(H,47,56)(H,48,57)(H,49,53)(H,54,55). The van der Waals surface area contributed by atoms with Gasteiger partial charge in [0.15, 0.2) is 0 Å². The van der Waals surface area contributed by atoms with E-state index in [1.54, 1.807) is 48.5 Å². The summed E-state index contributed by atoms with van der Waals surface area (Å²) in [6.45, 7) is 3.13. The first-order valence-corrected chi connectivity index (χ1v) is 20.8. The maximum atomic E-state index is 13.1. The Morgan fingerprint density at radius 2 is 0.887 bits per heavy atom. The van der Waals surface area contributed by atoms with Crippen molar-refractivity contribution < 1.29 is 62.4 Å². The Hall–Kier alpha value is -5.79. The molecule has 0 aromatic heterocycles. The average Bonchev–Trinajstić information content (AvgIpc) is 3.26. The van der Waals surface area contributed by atoms with Gasteiger partial charge in [-0.25, -0.2) is 0 Å². The number of ether oxygens (including phenoxy) is 5. The predicted molar refractivity (Wildman–Crippen MR) is 228 cm³/mol. The third-order valence-corrected chi connectivity index (χ3v) is 8.95. The van der Waals surface area contributed by atoms with Crippen LogP contribution in [0.5, 0.6) is 11.5 Å². The molecule has 6 amide bonds. The summed E-state index contributed by atoms with van der Waals surface area (Å²) in [6.07, 6.45) is 1.49. The van der Waals surface area contributed by atoms with Crippen LogP contribution in [0.3, 0.4) is 0 Å². The lowest BCUT2D eigenvalue weighted by molar-refractivity contribution is -0.137. The molecule has 62 heavy (non-hydrogen) atoms. The van der Waals surface area contributed by atoms with E-state index in [1.165, 1.54) is 14.2 Å². The van der Waals surface area contributed by atoms with Gasteiger partial charge in [0.05, 0.1) is 53.9 Å². The van der Waals surface area contributed by atoms with Gasteiger partial charge in [0.25, 0.3) is 11.8 Å². The number of benzene rings is 2. The van der Waals surface area contributed by atoms with Crippen LogP contribution >= 0.6 is 0 Å². The van der Waals surface area contributed by atoms with E-state index in [0.29, 0.717) is 68.2 Å². The molecule has 2 aromatic rings. The molecule has 0 spiro atoms. The number of carbonyl (C=O) groups is 7. The van der Waals surface area contributed by atoms with Gasteiger partial charge in [0.1, 0.15) is 17.0 Å². The number of amides is 6. The fourth-order valence-corrected chi connectivity index (χ4v) is 5.54. The predicted octanol–water partition coefficient (Wildman–Crippen LogP) is 1.73. The second-order valence-corrected chi connectivity index (χ2v) is 14.2. The molecule has 19 heteroatoms. The number of methoxy groups -OCH3 is 2. The quantitative estimate of drug-likeness (QED) is 0.0496. The van der Waals surface area contributed by atoms with E-state index in [-0.39, 0.29) is 108 Å². The average molecular weight is 873 g/mol. The SMILES string of the molecule is CCCNC(=O)CCOCC(COCCC(=O)NCCCNC(=O)c1ccc(OC)cc1)(COCCC(=O)NCCCNC(=O)c1ccc(OC)cc1)NC(=O)CCCC(=O)O. The van der Waals surface area contributed by atoms with E-state index in [1.807, 2.05) is 6.92 Å². The molecule has 0 radical (unpaired) electrons. The Kier molecular flexibility index (Phi) is 26.3. The Morgan fingerprint density at radius 3 is 1.26 bits per heavy atom. The van der Waals surface area contributed by atoms with Gasteiger partial charge < -0.3 is 60.7 Å². The fraction of sp³-hybridized carbons (Fsp3) is 0.558. The summed E-state index contributed by atoms with van der Waals surface area (Å²) >= 11 is 0. The first-order chi connectivity index (χ1) is 29.9. The lowest BCUT2D eigenvalue weighted by Crippen LogP contribution is -2.58. The molecule has 0 aliphatic heterocycles. The molecule has 0 saturated carbocycles. The van der Waals surface area contributed by atoms with Gasteiger partial charge in [0, 0.05) is 76.0 Å². The summed E-state index contributed by atoms with van der Waals surface area (Å²) in [7, 11) is 3.08. The largest absolute Gasteiger partial charge is 0.497 e. The Morgan fingerprint density at radius 1 is 0.500 bits per heavy atom. The molecular formula is C43H64N6O13. The van der Waals surface area contributed by atoms with Crippen LogP contribution in [0.1, 0.15) is 85.4 Å². The van der Waals surface area contributed by atoms with Gasteiger partial charge in [-0.05, 0) is 74.2 Å². The van der Waals surface area contributed by atoms with Crippen molar-refractivity contribution in [3.05, 3.63) is 59.7 Å². The number of hydrogen-bond donors (Lipinski definition) is 7. The van der Waals surface area contributed by atoms with Crippen LogP contribution in [0.15, 0.2) is 48.5 Å². The van der Waals surface area contributed by atoms with Crippen molar-refractivity contribution in [2.75, 3.05) is 86.6 Å². The van der Waals surface area contributed by atoms with E-state index in [2.05, 4.69) is 31.9 Å². The van der Waals surface area contributed by atoms with Crippen LogP contribution in [0.25, 0.3) is 0 Å². The summed E-state index contributed by atoms with van der Waals surface area (Å²) in [6, 6.07) is 13.4. The highest BCUT2D eigenvalue weighted by atomic mass is 16.5. The summed E-state index contributed by atoms with van der Waals surface area (Å²) in [4.78, 5) is 86.3. The molecule has 0 heterocycles. The second kappa shape index (κ2) is 31.1. The van der Waals surface area contributed by atoms with Crippen molar-refractivity contribution in [1.29, 1.82) is 0 Å². The number of nitrogens with one attached hydrogen (secondary N) is 6. The smallest absolute Gasteiger partial charge is 0.303 e. The van der Waals surface area contributed by atoms with Crippen molar-refractivity contribution in [3.63, 3.8) is 0 Å². The van der Waals surface area contributed by atoms with Gasteiger partial charge in [-0.2, -0.15) is 0 Å². The molecule has 2 rings (SSSR count). The van der Waals surface area contributed by atoms with Gasteiger partial charge in [0.2, 0.25) is 23.6 Å². The minimum atomic E-state index is -1.34. The fourth-order valence-electron chi connectivity index (χ4n) is 5.54. The Labute approximate surface area is 363 Å². The van der Waals surface area contributed by atoms with Gasteiger partial charge >= 0.3 is 5.97 Å². The molecule has 0 fully saturated rings. The van der Waals surface area contributed by atoms with Crippen molar-refractivity contribution >= 4 is 41.4 Å². The maximum absolute atomic E-state index is 13.1. The minimum absolute atomic E-state index is 0.0120. The molecule has 0 saturated heterocycles. The van der Waals surface area contributed by atoms with E-state index >= 15 is 0 Å². The molecule has 0 atom stereocenters. The zero-order valence-electron chi connectivity index (χ0n) is 36.1. The van der Waals surface area contributed by atoms with Crippen molar-refractivity contribution in [1.82, 2.24) is 31.9 Å². The molecule has 0 aliphatic rings. The Balaban J connectivity index is 1.91. The number of carbonyl (C=O) groups excluding carboxylic acids is 6. The highest BCUT2D eigenvalue weighted by Crippen LogP contribution is 2.14. The normalized spacial score (nSPS) is 10.9. The zero-order chi connectivity index (χ0) is 45.4.